The van der Waals surface area contributed by atoms with Gasteiger partial charge in [-0.1, -0.05) is 43.3 Å². The largest absolute Gasteiger partial charge is 0.352 e. The summed E-state index contributed by atoms with van der Waals surface area (Å²) in [5, 5.41) is 2.85. The summed E-state index contributed by atoms with van der Waals surface area (Å²) in [4.78, 5) is 28.1. The number of anilines is 1. The monoisotopic (exact) mass is 651 g/mol. The number of carbonyl (C=O) groups is 2. The van der Waals surface area contributed by atoms with Gasteiger partial charge in [-0.3, -0.25) is 13.9 Å². The molecule has 3 aromatic rings. The van der Waals surface area contributed by atoms with Crippen molar-refractivity contribution in [3.05, 3.63) is 93.8 Å². The molecule has 0 radical (unpaired) electrons. The average molecular weight is 652 g/mol. The van der Waals surface area contributed by atoms with Crippen molar-refractivity contribution < 1.29 is 22.4 Å². The maximum atomic E-state index is 14.6. The number of carbonyl (C=O) groups excluding carboxylic acids is 2. The number of sulfonamides is 1. The SMILES string of the molecule is CC[C@H](C)NC(=O)[C@@H](C)N(Cc1ccccc1F)C(=O)CN(c1ccc(I)cc1)S(=O)(=O)c1ccccc1. The highest BCUT2D eigenvalue weighted by Gasteiger charge is 2.33. The van der Waals surface area contributed by atoms with Crippen LogP contribution in [0.5, 0.6) is 0 Å². The minimum atomic E-state index is -4.14. The van der Waals surface area contributed by atoms with Crippen molar-refractivity contribution >= 4 is 50.1 Å². The molecule has 0 saturated carbocycles. The topological polar surface area (TPSA) is 86.8 Å². The molecule has 7 nitrogen and oxygen atoms in total. The third-order valence-corrected chi connectivity index (χ3v) is 8.70. The molecule has 0 spiro atoms. The van der Waals surface area contributed by atoms with Crippen LogP contribution in [0.25, 0.3) is 0 Å². The van der Waals surface area contributed by atoms with Gasteiger partial charge in [-0.15, -0.1) is 0 Å². The Morgan fingerprint density at radius 2 is 1.55 bits per heavy atom. The molecular weight excluding hydrogens is 620 g/mol. The van der Waals surface area contributed by atoms with Gasteiger partial charge in [-0.25, -0.2) is 12.8 Å². The Morgan fingerprint density at radius 3 is 2.16 bits per heavy atom. The Balaban J connectivity index is 2.02. The summed E-state index contributed by atoms with van der Waals surface area (Å²) >= 11 is 2.11. The van der Waals surface area contributed by atoms with E-state index in [2.05, 4.69) is 27.9 Å². The first kappa shape index (κ1) is 29.6. The Bertz CT molecular complexity index is 1350. The third kappa shape index (κ3) is 7.31. The molecular formula is C28H31FIN3O4S. The summed E-state index contributed by atoms with van der Waals surface area (Å²) < 4.78 is 43.9. The van der Waals surface area contributed by atoms with E-state index in [1.807, 2.05) is 13.8 Å². The van der Waals surface area contributed by atoms with Crippen molar-refractivity contribution in [3.63, 3.8) is 0 Å². The minimum Gasteiger partial charge on any atom is -0.352 e. The van der Waals surface area contributed by atoms with Gasteiger partial charge in [0.1, 0.15) is 18.4 Å². The first-order valence-electron chi connectivity index (χ1n) is 12.2. The lowest BCUT2D eigenvalue weighted by Crippen LogP contribution is -2.52. The van der Waals surface area contributed by atoms with Gasteiger partial charge in [-0.2, -0.15) is 0 Å². The van der Waals surface area contributed by atoms with Gasteiger partial charge in [0.2, 0.25) is 11.8 Å². The van der Waals surface area contributed by atoms with Crippen LogP contribution in [-0.2, 0) is 26.2 Å². The van der Waals surface area contributed by atoms with Crippen LogP contribution in [0.2, 0.25) is 0 Å². The van der Waals surface area contributed by atoms with Crippen molar-refractivity contribution in [1.29, 1.82) is 0 Å². The van der Waals surface area contributed by atoms with Gasteiger partial charge >= 0.3 is 0 Å². The Hall–Kier alpha value is -2.99. The predicted molar refractivity (Wildman–Crippen MR) is 154 cm³/mol. The van der Waals surface area contributed by atoms with E-state index in [0.29, 0.717) is 12.1 Å². The van der Waals surface area contributed by atoms with E-state index in [0.717, 1.165) is 7.88 Å². The lowest BCUT2D eigenvalue weighted by molar-refractivity contribution is -0.139. The summed E-state index contributed by atoms with van der Waals surface area (Å²) in [6.07, 6.45) is 0.690. The van der Waals surface area contributed by atoms with Crippen LogP contribution >= 0.6 is 22.6 Å². The fourth-order valence-corrected chi connectivity index (χ4v) is 5.51. The predicted octanol–water partition coefficient (Wildman–Crippen LogP) is 4.96. The highest BCUT2D eigenvalue weighted by atomic mass is 127. The van der Waals surface area contributed by atoms with Gasteiger partial charge in [0.15, 0.2) is 0 Å². The summed E-state index contributed by atoms with van der Waals surface area (Å²) in [6, 6.07) is 19.4. The minimum absolute atomic E-state index is 0.0227. The zero-order chi connectivity index (χ0) is 27.9. The van der Waals surface area contributed by atoms with Crippen LogP contribution in [0.15, 0.2) is 83.8 Å². The van der Waals surface area contributed by atoms with Crippen molar-refractivity contribution in [2.75, 3.05) is 10.8 Å². The van der Waals surface area contributed by atoms with Gasteiger partial charge < -0.3 is 10.2 Å². The number of rotatable bonds is 11. The molecule has 0 aliphatic heterocycles. The van der Waals surface area contributed by atoms with Crippen LogP contribution in [0.4, 0.5) is 10.1 Å². The maximum Gasteiger partial charge on any atom is 0.264 e. The zero-order valence-electron chi connectivity index (χ0n) is 21.5. The number of benzene rings is 3. The van der Waals surface area contributed by atoms with E-state index >= 15 is 0 Å². The number of hydrogen-bond acceptors (Lipinski definition) is 4. The smallest absolute Gasteiger partial charge is 0.264 e. The molecule has 0 bridgehead atoms. The maximum absolute atomic E-state index is 14.6. The van der Waals surface area contributed by atoms with Crippen molar-refractivity contribution in [2.24, 2.45) is 0 Å². The molecule has 0 unspecified atom stereocenters. The van der Waals surface area contributed by atoms with E-state index < -0.39 is 40.2 Å². The zero-order valence-corrected chi connectivity index (χ0v) is 24.4. The van der Waals surface area contributed by atoms with Crippen molar-refractivity contribution in [1.82, 2.24) is 10.2 Å². The van der Waals surface area contributed by atoms with Crippen LogP contribution in [0.3, 0.4) is 0 Å². The lowest BCUT2D eigenvalue weighted by atomic mass is 10.1. The van der Waals surface area contributed by atoms with Crippen LogP contribution in [0.1, 0.15) is 32.8 Å². The molecule has 3 rings (SSSR count). The summed E-state index contributed by atoms with van der Waals surface area (Å²) in [7, 11) is -4.14. The number of nitrogens with one attached hydrogen (secondary N) is 1. The molecule has 10 heteroatoms. The molecule has 1 N–H and O–H groups in total. The summed E-state index contributed by atoms with van der Waals surface area (Å²) in [5.74, 6) is -1.57. The molecule has 38 heavy (non-hydrogen) atoms. The van der Waals surface area contributed by atoms with Crippen LogP contribution in [0, 0.1) is 9.39 Å². The lowest BCUT2D eigenvalue weighted by Gasteiger charge is -2.32. The Labute approximate surface area is 237 Å². The number of nitrogens with zero attached hydrogens (tertiary/aromatic N) is 2. The fourth-order valence-electron chi connectivity index (χ4n) is 3.71. The molecule has 0 aliphatic carbocycles. The molecule has 0 aliphatic rings. The van der Waals surface area contributed by atoms with E-state index in [4.69, 9.17) is 0 Å². The normalized spacial score (nSPS) is 12.9. The van der Waals surface area contributed by atoms with E-state index in [1.54, 1.807) is 55.5 Å². The first-order valence-corrected chi connectivity index (χ1v) is 14.7. The van der Waals surface area contributed by atoms with E-state index in [9.17, 15) is 22.4 Å². The number of halogens is 2. The second-order valence-corrected chi connectivity index (χ2v) is 12.0. The molecule has 3 aromatic carbocycles. The van der Waals surface area contributed by atoms with Gasteiger partial charge in [0.05, 0.1) is 10.6 Å². The summed E-state index contributed by atoms with van der Waals surface area (Å²) in [6.45, 7) is 4.54. The fraction of sp³-hybridized carbons (Fsp3) is 0.286. The Kier molecular flexibility index (Phi) is 10.3. The molecule has 0 fully saturated rings. The van der Waals surface area contributed by atoms with Crippen LogP contribution < -0.4 is 9.62 Å². The second kappa shape index (κ2) is 13.2. The first-order chi connectivity index (χ1) is 18.0. The molecule has 0 saturated heterocycles. The highest BCUT2D eigenvalue weighted by molar-refractivity contribution is 14.1. The number of hydrogen-bond donors (Lipinski definition) is 1. The molecule has 0 heterocycles. The second-order valence-electron chi connectivity index (χ2n) is 8.91. The molecule has 0 aromatic heterocycles. The quantitative estimate of drug-likeness (QED) is 0.297. The van der Waals surface area contributed by atoms with Gasteiger partial charge in [0, 0.05) is 21.7 Å². The van der Waals surface area contributed by atoms with Crippen molar-refractivity contribution in [2.45, 2.75) is 50.7 Å². The van der Waals surface area contributed by atoms with Gasteiger partial charge in [0.25, 0.3) is 10.0 Å². The van der Waals surface area contributed by atoms with E-state index in [-0.39, 0.29) is 23.0 Å². The summed E-state index contributed by atoms with van der Waals surface area (Å²) in [5.41, 5.74) is 0.515. The molecule has 202 valence electrons. The Morgan fingerprint density at radius 1 is 0.947 bits per heavy atom. The van der Waals surface area contributed by atoms with Crippen LogP contribution in [-0.4, -0.2) is 43.8 Å². The number of amides is 2. The highest BCUT2D eigenvalue weighted by Crippen LogP contribution is 2.25. The molecule has 2 atom stereocenters. The van der Waals surface area contributed by atoms with Gasteiger partial charge in [-0.05, 0) is 85.3 Å². The standard InChI is InChI=1S/C28H31FIN3O4S/c1-4-20(2)31-28(35)21(3)32(18-22-10-8-9-13-26(22)29)27(34)19-33(24-16-14-23(30)15-17-24)38(36,37)25-11-6-5-7-12-25/h5-17,20-21H,4,18-19H2,1-3H3,(H,31,35)/t20-,21+/m0/s1. The average Bonchev–Trinajstić information content (AvgIpc) is 2.91. The third-order valence-electron chi connectivity index (χ3n) is 6.19. The van der Waals surface area contributed by atoms with E-state index in [1.165, 1.54) is 35.2 Å². The van der Waals surface area contributed by atoms with Crippen molar-refractivity contribution in [3.8, 4) is 0 Å². The molecule has 2 amide bonds.